The lowest BCUT2D eigenvalue weighted by molar-refractivity contribution is -0.385. The third-order valence-electron chi connectivity index (χ3n) is 2.54. The molecule has 0 unspecified atom stereocenters. The fraction of sp³-hybridized carbons (Fsp3) is 0.0909. The molecule has 10 heteroatoms. The third kappa shape index (κ3) is 3.39. The number of hydrogen-bond acceptors (Lipinski definition) is 5. The average molecular weight is 395 g/mol. The van der Waals surface area contributed by atoms with Crippen LogP contribution in [0.4, 0.5) is 15.8 Å². The predicted molar refractivity (Wildman–Crippen MR) is 80.6 cm³/mol. The molecule has 1 N–H and O–H groups in total. The van der Waals surface area contributed by atoms with Gasteiger partial charge in [0.2, 0.25) is 0 Å². The van der Waals surface area contributed by atoms with Gasteiger partial charge in [-0.25, -0.2) is 12.8 Å². The van der Waals surface area contributed by atoms with Crippen LogP contribution in [0.1, 0.15) is 4.88 Å². The molecule has 1 heterocycles. The van der Waals surface area contributed by atoms with Crippen molar-refractivity contribution in [2.45, 2.75) is 11.8 Å². The van der Waals surface area contributed by atoms with Gasteiger partial charge >= 0.3 is 0 Å². The number of hydrogen-bond donors (Lipinski definition) is 1. The molecule has 2 aromatic rings. The molecule has 0 amide bonds. The van der Waals surface area contributed by atoms with Crippen molar-refractivity contribution in [3.05, 3.63) is 48.9 Å². The number of nitrogens with one attached hydrogen (secondary N) is 1. The van der Waals surface area contributed by atoms with Gasteiger partial charge in [0.25, 0.3) is 15.7 Å². The van der Waals surface area contributed by atoms with Gasteiger partial charge in [0.15, 0.2) is 5.82 Å². The quantitative estimate of drug-likeness (QED) is 0.632. The highest BCUT2D eigenvalue weighted by Gasteiger charge is 2.22. The van der Waals surface area contributed by atoms with Gasteiger partial charge in [-0.1, -0.05) is 0 Å². The predicted octanol–water partition coefficient (Wildman–Crippen LogP) is 3.67. The van der Waals surface area contributed by atoms with E-state index in [0.717, 1.165) is 12.1 Å². The van der Waals surface area contributed by atoms with E-state index in [0.29, 0.717) is 14.7 Å². The molecule has 0 aliphatic carbocycles. The summed E-state index contributed by atoms with van der Waals surface area (Å²) >= 11 is 4.41. The maximum atomic E-state index is 13.7. The lowest BCUT2D eigenvalue weighted by Crippen LogP contribution is -2.14. The standard InChI is InChI=1S/C11H8BrFN2O4S2/c1-6-10(5-11(12)20-6)21(18,19)14-9-3-2-7(15(16)17)4-8(9)13/h2-5,14H,1H3. The summed E-state index contributed by atoms with van der Waals surface area (Å²) in [6.45, 7) is 1.62. The lowest BCUT2D eigenvalue weighted by atomic mass is 10.3. The molecule has 21 heavy (non-hydrogen) atoms. The molecule has 0 fully saturated rings. The van der Waals surface area contributed by atoms with Gasteiger partial charge in [-0.05, 0) is 35.0 Å². The Kier molecular flexibility index (Phi) is 4.30. The molecule has 0 atom stereocenters. The van der Waals surface area contributed by atoms with Gasteiger partial charge in [0, 0.05) is 10.9 Å². The fourth-order valence-electron chi connectivity index (χ4n) is 1.60. The van der Waals surface area contributed by atoms with E-state index in [9.17, 15) is 22.9 Å². The Labute approximate surface area is 131 Å². The molecular weight excluding hydrogens is 387 g/mol. The van der Waals surface area contributed by atoms with Crippen molar-refractivity contribution in [3.8, 4) is 0 Å². The first-order chi connectivity index (χ1) is 9.70. The van der Waals surface area contributed by atoms with E-state index >= 15 is 0 Å². The van der Waals surface area contributed by atoms with E-state index in [1.165, 1.54) is 17.4 Å². The minimum Gasteiger partial charge on any atom is -0.277 e. The van der Waals surface area contributed by atoms with Gasteiger partial charge in [-0.3, -0.25) is 14.8 Å². The highest BCUT2D eigenvalue weighted by Crippen LogP contribution is 2.31. The summed E-state index contributed by atoms with van der Waals surface area (Å²) in [6, 6.07) is 4.11. The summed E-state index contributed by atoms with van der Waals surface area (Å²) in [4.78, 5) is 10.3. The van der Waals surface area contributed by atoms with Crippen molar-refractivity contribution in [3.63, 3.8) is 0 Å². The second-order valence-corrected chi connectivity index (χ2v) is 8.28. The van der Waals surface area contributed by atoms with E-state index in [4.69, 9.17) is 0 Å². The van der Waals surface area contributed by atoms with Crippen LogP contribution in [0.15, 0.2) is 32.9 Å². The van der Waals surface area contributed by atoms with Crippen LogP contribution in [0.2, 0.25) is 0 Å². The molecule has 0 aliphatic rings. The number of sulfonamides is 1. The normalized spacial score (nSPS) is 11.4. The maximum Gasteiger partial charge on any atom is 0.272 e. The highest BCUT2D eigenvalue weighted by molar-refractivity contribution is 9.11. The Bertz CT molecular complexity index is 820. The summed E-state index contributed by atoms with van der Waals surface area (Å²) in [5.74, 6) is -1.01. The van der Waals surface area contributed by atoms with Crippen LogP contribution in [-0.2, 0) is 10.0 Å². The molecule has 2 rings (SSSR count). The van der Waals surface area contributed by atoms with Crippen molar-refractivity contribution < 1.29 is 17.7 Å². The van der Waals surface area contributed by atoms with E-state index in [-0.39, 0.29) is 10.6 Å². The maximum absolute atomic E-state index is 13.7. The second kappa shape index (κ2) is 5.70. The topological polar surface area (TPSA) is 89.3 Å². The van der Waals surface area contributed by atoms with Crippen LogP contribution < -0.4 is 4.72 Å². The summed E-state index contributed by atoms with van der Waals surface area (Å²) in [7, 11) is -3.96. The summed E-state index contributed by atoms with van der Waals surface area (Å²) in [6.07, 6.45) is 0. The van der Waals surface area contributed by atoms with Gasteiger partial charge < -0.3 is 0 Å². The SMILES string of the molecule is Cc1sc(Br)cc1S(=O)(=O)Nc1ccc([N+](=O)[O-])cc1F. The number of nitrogens with zero attached hydrogens (tertiary/aromatic N) is 1. The smallest absolute Gasteiger partial charge is 0.272 e. The Morgan fingerprint density at radius 3 is 2.52 bits per heavy atom. The zero-order valence-corrected chi connectivity index (χ0v) is 13.7. The molecule has 0 aliphatic heterocycles. The van der Waals surface area contributed by atoms with Crippen LogP contribution in [0.25, 0.3) is 0 Å². The Morgan fingerprint density at radius 2 is 2.05 bits per heavy atom. The van der Waals surface area contributed by atoms with Gasteiger partial charge in [0.05, 0.1) is 20.5 Å². The lowest BCUT2D eigenvalue weighted by Gasteiger charge is -2.08. The molecule has 0 spiro atoms. The van der Waals surface area contributed by atoms with Gasteiger partial charge in [0.1, 0.15) is 4.90 Å². The number of aryl methyl sites for hydroxylation is 1. The Hall–Kier alpha value is -1.52. The monoisotopic (exact) mass is 394 g/mol. The van der Waals surface area contributed by atoms with Crippen LogP contribution in [-0.4, -0.2) is 13.3 Å². The molecule has 1 aromatic carbocycles. The van der Waals surface area contributed by atoms with Crippen molar-refractivity contribution in [1.29, 1.82) is 0 Å². The first kappa shape index (κ1) is 15.9. The number of thiophene rings is 1. The Balaban J connectivity index is 2.37. The van der Waals surface area contributed by atoms with Crippen LogP contribution >= 0.6 is 27.3 Å². The van der Waals surface area contributed by atoms with Crippen molar-refractivity contribution >= 4 is 48.7 Å². The highest BCUT2D eigenvalue weighted by atomic mass is 79.9. The molecule has 0 bridgehead atoms. The number of nitro benzene ring substituents is 1. The molecule has 0 saturated carbocycles. The minimum absolute atomic E-state index is 0.0251. The zero-order chi connectivity index (χ0) is 15.8. The summed E-state index contributed by atoms with van der Waals surface area (Å²) in [5, 5.41) is 10.5. The number of anilines is 1. The fourth-order valence-corrected chi connectivity index (χ4v) is 5.08. The Morgan fingerprint density at radius 1 is 1.38 bits per heavy atom. The number of non-ortho nitro benzene ring substituents is 1. The molecule has 1 aromatic heterocycles. The van der Waals surface area contributed by atoms with Gasteiger partial charge in [-0.2, -0.15) is 0 Å². The molecule has 112 valence electrons. The molecule has 0 saturated heterocycles. The van der Waals surface area contributed by atoms with Crippen molar-refractivity contribution in [2.24, 2.45) is 0 Å². The summed E-state index contributed by atoms with van der Waals surface area (Å²) in [5.41, 5.74) is -0.799. The number of benzene rings is 1. The largest absolute Gasteiger partial charge is 0.277 e. The third-order valence-corrected chi connectivity index (χ3v) is 5.71. The number of halogens is 2. The van der Waals surface area contributed by atoms with E-state index in [1.54, 1.807) is 6.92 Å². The zero-order valence-electron chi connectivity index (χ0n) is 10.5. The van der Waals surface area contributed by atoms with E-state index in [2.05, 4.69) is 20.7 Å². The number of rotatable bonds is 4. The first-order valence-electron chi connectivity index (χ1n) is 5.43. The molecule has 6 nitrogen and oxygen atoms in total. The minimum atomic E-state index is -3.96. The second-order valence-electron chi connectivity index (χ2n) is 4.00. The van der Waals surface area contributed by atoms with Crippen molar-refractivity contribution in [2.75, 3.05) is 4.72 Å². The molecular formula is C11H8BrFN2O4S2. The van der Waals surface area contributed by atoms with Crippen LogP contribution in [0.5, 0.6) is 0 Å². The average Bonchev–Trinajstić information content (AvgIpc) is 2.71. The summed E-state index contributed by atoms with van der Waals surface area (Å²) < 4.78 is 40.8. The van der Waals surface area contributed by atoms with Gasteiger partial charge in [-0.15, -0.1) is 11.3 Å². The van der Waals surface area contributed by atoms with Crippen molar-refractivity contribution in [1.82, 2.24) is 0 Å². The number of nitro groups is 1. The van der Waals surface area contributed by atoms with E-state index in [1.807, 2.05) is 0 Å². The first-order valence-corrected chi connectivity index (χ1v) is 8.52. The van der Waals surface area contributed by atoms with E-state index < -0.39 is 26.5 Å². The van der Waals surface area contributed by atoms with Crippen LogP contribution in [0, 0.1) is 22.9 Å². The van der Waals surface area contributed by atoms with Crippen LogP contribution in [0.3, 0.4) is 0 Å². The molecule has 0 radical (unpaired) electrons.